The largest absolute Gasteiger partial charge is 0.339 e. The summed E-state index contributed by atoms with van der Waals surface area (Å²) in [6, 6.07) is 0. The summed E-state index contributed by atoms with van der Waals surface area (Å²) in [5.41, 5.74) is 0. The summed E-state index contributed by atoms with van der Waals surface area (Å²) in [5.74, 6) is 0. The van der Waals surface area contributed by atoms with Crippen LogP contribution in [0.4, 0.5) is 0 Å². The van der Waals surface area contributed by atoms with E-state index in [9.17, 15) is 0 Å². The predicted octanol–water partition coefficient (Wildman–Crippen LogP) is 0.231. The highest BCUT2D eigenvalue weighted by atomic mass is 16.5. The Balaban J connectivity index is 2.17. The van der Waals surface area contributed by atoms with Gasteiger partial charge in [-0.2, -0.15) is 0 Å². The van der Waals surface area contributed by atoms with Gasteiger partial charge >= 0.3 is 0 Å². The van der Waals surface area contributed by atoms with Gasteiger partial charge in [-0.15, -0.1) is 0 Å². The molecule has 1 aromatic heterocycles. The summed E-state index contributed by atoms with van der Waals surface area (Å²) in [7, 11) is 2.01. The van der Waals surface area contributed by atoms with Gasteiger partial charge in [0, 0.05) is 6.42 Å². The van der Waals surface area contributed by atoms with Crippen molar-refractivity contribution in [3.63, 3.8) is 0 Å². The summed E-state index contributed by atoms with van der Waals surface area (Å²) in [6.07, 6.45) is 7.53. The second-order valence-electron chi connectivity index (χ2n) is 2.64. The van der Waals surface area contributed by atoms with E-state index in [4.69, 9.17) is 4.74 Å². The summed E-state index contributed by atoms with van der Waals surface area (Å²) in [4.78, 5) is 0. The summed E-state index contributed by atoms with van der Waals surface area (Å²) < 4.78 is 9.38. The van der Waals surface area contributed by atoms with Gasteiger partial charge in [-0.3, -0.25) is 0 Å². The average molecular weight is 139 g/mol. The molecule has 1 unspecified atom stereocenters. The minimum atomic E-state index is 0.307. The molecule has 3 heteroatoms. The Morgan fingerprint density at radius 3 is 2.90 bits per heavy atom. The van der Waals surface area contributed by atoms with Crippen molar-refractivity contribution >= 4 is 0 Å². The van der Waals surface area contributed by atoms with E-state index < -0.39 is 0 Å². The maximum absolute atomic E-state index is 5.28. The van der Waals surface area contributed by atoms with Gasteiger partial charge in [-0.1, -0.05) is 0 Å². The van der Waals surface area contributed by atoms with E-state index in [1.54, 1.807) is 0 Å². The lowest BCUT2D eigenvalue weighted by Crippen LogP contribution is -2.45. The normalized spacial score (nSPS) is 24.3. The lowest BCUT2D eigenvalue weighted by Gasteiger charge is -2.22. The zero-order valence-corrected chi connectivity index (χ0v) is 6.03. The molecule has 1 atom stereocenters. The van der Waals surface area contributed by atoms with Crippen LogP contribution >= 0.6 is 0 Å². The molecule has 0 bridgehead atoms. The Bertz CT molecular complexity index is 227. The molecule has 0 aromatic carbocycles. The van der Waals surface area contributed by atoms with Gasteiger partial charge in [-0.05, 0) is 0 Å². The molecule has 3 nitrogen and oxygen atoms in total. The Morgan fingerprint density at radius 2 is 2.50 bits per heavy atom. The van der Waals surface area contributed by atoms with Gasteiger partial charge in [0.15, 0.2) is 0 Å². The van der Waals surface area contributed by atoms with Crippen molar-refractivity contribution in [2.75, 3.05) is 6.61 Å². The van der Waals surface area contributed by atoms with Gasteiger partial charge in [0.05, 0.1) is 13.7 Å². The Hall–Kier alpha value is -0.830. The van der Waals surface area contributed by atoms with Gasteiger partial charge in [0.1, 0.15) is 12.4 Å². The molecule has 2 heterocycles. The van der Waals surface area contributed by atoms with Crippen LogP contribution in [0.25, 0.3) is 0 Å². The number of imidazole rings is 1. The minimum Gasteiger partial charge on any atom is -0.339 e. The second-order valence-corrected chi connectivity index (χ2v) is 2.64. The molecule has 0 amide bonds. The number of hydrogen-bond donors (Lipinski definition) is 0. The van der Waals surface area contributed by atoms with Crippen LogP contribution in [0.1, 0.15) is 12.6 Å². The number of ether oxygens (including phenoxy) is 1. The molecule has 0 aliphatic carbocycles. The molecule has 0 radical (unpaired) electrons. The van der Waals surface area contributed by atoms with E-state index in [0.29, 0.717) is 6.23 Å². The third-order valence-corrected chi connectivity index (χ3v) is 1.80. The lowest BCUT2D eigenvalue weighted by atomic mass is 10.3. The van der Waals surface area contributed by atoms with Crippen molar-refractivity contribution in [3.8, 4) is 0 Å². The van der Waals surface area contributed by atoms with Crippen molar-refractivity contribution in [3.05, 3.63) is 18.7 Å². The van der Waals surface area contributed by atoms with Crippen molar-refractivity contribution in [1.29, 1.82) is 0 Å². The van der Waals surface area contributed by atoms with Gasteiger partial charge < -0.3 is 4.74 Å². The molecule has 10 heavy (non-hydrogen) atoms. The molecule has 54 valence electrons. The molecule has 0 N–H and O–H groups in total. The number of aryl methyl sites for hydroxylation is 1. The van der Waals surface area contributed by atoms with Crippen molar-refractivity contribution in [1.82, 2.24) is 4.57 Å². The first-order valence-corrected chi connectivity index (χ1v) is 3.50. The first-order valence-electron chi connectivity index (χ1n) is 3.50. The van der Waals surface area contributed by atoms with Crippen LogP contribution in [0.15, 0.2) is 18.7 Å². The monoisotopic (exact) mass is 139 g/mol. The van der Waals surface area contributed by atoms with Gasteiger partial charge in [0.2, 0.25) is 12.6 Å². The molecule has 1 aromatic rings. The first kappa shape index (κ1) is 5.92. The van der Waals surface area contributed by atoms with Crippen molar-refractivity contribution < 1.29 is 9.30 Å². The molecule has 2 rings (SSSR count). The Kier molecular flexibility index (Phi) is 1.24. The zero-order chi connectivity index (χ0) is 6.97. The van der Waals surface area contributed by atoms with E-state index in [2.05, 4.69) is 4.57 Å². The SMILES string of the molecule is Cn1cc[n+](C2CCO2)c1. The molecule has 1 fully saturated rings. The number of aromatic nitrogens is 2. The number of nitrogens with zero attached hydrogens (tertiary/aromatic N) is 2. The quantitative estimate of drug-likeness (QED) is 0.509. The highest BCUT2D eigenvalue weighted by molar-refractivity contribution is 4.64. The molecule has 1 aliphatic rings. The van der Waals surface area contributed by atoms with Crippen LogP contribution in [0, 0.1) is 0 Å². The first-order chi connectivity index (χ1) is 4.86. The lowest BCUT2D eigenvalue weighted by molar-refractivity contribution is -0.779. The van der Waals surface area contributed by atoms with Gasteiger partial charge in [0.25, 0.3) is 0 Å². The highest BCUT2D eigenvalue weighted by Gasteiger charge is 2.24. The topological polar surface area (TPSA) is 18.0 Å². The van der Waals surface area contributed by atoms with Crippen LogP contribution in [-0.4, -0.2) is 11.2 Å². The van der Waals surface area contributed by atoms with Crippen LogP contribution in [-0.2, 0) is 11.8 Å². The van der Waals surface area contributed by atoms with Crippen LogP contribution in [0.2, 0.25) is 0 Å². The second kappa shape index (κ2) is 2.09. The predicted molar refractivity (Wildman–Crippen MR) is 35.2 cm³/mol. The standard InChI is InChI=1S/C7H11N2O/c1-8-3-4-9(6-8)7-2-5-10-7/h3-4,6-7H,2,5H2,1H3/q+1. The van der Waals surface area contributed by atoms with E-state index in [1.807, 2.05) is 30.3 Å². The summed E-state index contributed by atoms with van der Waals surface area (Å²) >= 11 is 0. The fraction of sp³-hybridized carbons (Fsp3) is 0.571. The minimum absolute atomic E-state index is 0.307. The third kappa shape index (κ3) is 0.827. The Morgan fingerprint density at radius 1 is 1.70 bits per heavy atom. The Labute approximate surface area is 59.8 Å². The van der Waals surface area contributed by atoms with Gasteiger partial charge in [-0.25, -0.2) is 9.13 Å². The van der Waals surface area contributed by atoms with E-state index >= 15 is 0 Å². The summed E-state index contributed by atoms with van der Waals surface area (Å²) in [5, 5.41) is 0. The van der Waals surface area contributed by atoms with E-state index in [-0.39, 0.29) is 0 Å². The highest BCUT2D eigenvalue weighted by Crippen LogP contribution is 2.15. The fourth-order valence-electron chi connectivity index (χ4n) is 1.10. The fourth-order valence-corrected chi connectivity index (χ4v) is 1.10. The number of rotatable bonds is 1. The molecule has 1 aliphatic heterocycles. The van der Waals surface area contributed by atoms with Crippen molar-refractivity contribution in [2.24, 2.45) is 7.05 Å². The smallest absolute Gasteiger partial charge is 0.245 e. The zero-order valence-electron chi connectivity index (χ0n) is 6.03. The van der Waals surface area contributed by atoms with E-state index in [0.717, 1.165) is 13.0 Å². The summed E-state index contributed by atoms with van der Waals surface area (Å²) in [6.45, 7) is 0.909. The molecule has 0 saturated carbocycles. The molecular formula is C7H11N2O+. The maximum atomic E-state index is 5.28. The number of hydrogen-bond acceptors (Lipinski definition) is 1. The molecule has 1 saturated heterocycles. The molecular weight excluding hydrogens is 128 g/mol. The van der Waals surface area contributed by atoms with Crippen molar-refractivity contribution in [2.45, 2.75) is 12.6 Å². The van der Waals surface area contributed by atoms with Crippen LogP contribution in [0.5, 0.6) is 0 Å². The maximum Gasteiger partial charge on any atom is 0.245 e. The van der Waals surface area contributed by atoms with E-state index in [1.165, 1.54) is 0 Å². The van der Waals surface area contributed by atoms with Crippen LogP contribution in [0.3, 0.4) is 0 Å². The van der Waals surface area contributed by atoms with Crippen LogP contribution < -0.4 is 4.57 Å². The third-order valence-electron chi connectivity index (χ3n) is 1.80. The molecule has 0 spiro atoms. The average Bonchev–Trinajstić information content (AvgIpc) is 2.10.